The number of piperidine rings is 1. The highest BCUT2D eigenvalue weighted by Gasteiger charge is 2.21. The number of nitrogens with zero attached hydrogens (tertiary/aromatic N) is 2. The van der Waals surface area contributed by atoms with Gasteiger partial charge in [-0.25, -0.2) is 4.98 Å². The van der Waals surface area contributed by atoms with Crippen molar-refractivity contribution in [1.29, 1.82) is 0 Å². The second-order valence-electron chi connectivity index (χ2n) is 4.04. The van der Waals surface area contributed by atoms with Crippen molar-refractivity contribution in [3.05, 3.63) is 21.7 Å². The monoisotopic (exact) mass is 242 g/mol. The van der Waals surface area contributed by atoms with Gasteiger partial charge in [-0.1, -0.05) is 11.6 Å². The molecular formula is C10H15ClN4O. The Morgan fingerprint density at radius 3 is 2.88 bits per heavy atom. The SMILES string of the molecule is NCC1CCN(c2nc[nH]c(=O)c2Cl)CC1. The summed E-state index contributed by atoms with van der Waals surface area (Å²) in [6.45, 7) is 2.44. The lowest BCUT2D eigenvalue weighted by atomic mass is 9.97. The predicted molar refractivity (Wildman–Crippen MR) is 63.9 cm³/mol. The topological polar surface area (TPSA) is 75.0 Å². The maximum atomic E-state index is 11.3. The van der Waals surface area contributed by atoms with E-state index < -0.39 is 0 Å². The van der Waals surface area contributed by atoms with Gasteiger partial charge in [0.25, 0.3) is 5.56 Å². The number of hydrogen-bond donors (Lipinski definition) is 2. The Morgan fingerprint density at radius 2 is 2.25 bits per heavy atom. The third-order valence-electron chi connectivity index (χ3n) is 3.03. The zero-order valence-electron chi connectivity index (χ0n) is 8.95. The minimum Gasteiger partial charge on any atom is -0.355 e. The van der Waals surface area contributed by atoms with Gasteiger partial charge >= 0.3 is 0 Å². The van der Waals surface area contributed by atoms with E-state index >= 15 is 0 Å². The van der Waals surface area contributed by atoms with Gasteiger partial charge in [0, 0.05) is 13.1 Å². The van der Waals surface area contributed by atoms with Crippen LogP contribution in [-0.2, 0) is 0 Å². The molecule has 0 radical (unpaired) electrons. The molecule has 2 rings (SSSR count). The molecule has 16 heavy (non-hydrogen) atoms. The van der Waals surface area contributed by atoms with Crippen LogP contribution in [0.25, 0.3) is 0 Å². The minimum absolute atomic E-state index is 0.175. The number of halogens is 1. The molecule has 6 heteroatoms. The molecule has 1 aliphatic heterocycles. The van der Waals surface area contributed by atoms with Crippen molar-refractivity contribution in [3.8, 4) is 0 Å². The Bertz CT molecular complexity index is 412. The van der Waals surface area contributed by atoms with Crippen LogP contribution in [0.2, 0.25) is 5.02 Å². The summed E-state index contributed by atoms with van der Waals surface area (Å²) in [5, 5.41) is 0.175. The van der Waals surface area contributed by atoms with Gasteiger partial charge in [-0.3, -0.25) is 4.79 Å². The highest BCUT2D eigenvalue weighted by atomic mass is 35.5. The average Bonchev–Trinajstić information content (AvgIpc) is 2.33. The van der Waals surface area contributed by atoms with Crippen molar-refractivity contribution < 1.29 is 0 Å². The molecular weight excluding hydrogens is 228 g/mol. The first-order valence-corrected chi connectivity index (χ1v) is 5.78. The summed E-state index contributed by atoms with van der Waals surface area (Å²) < 4.78 is 0. The van der Waals surface area contributed by atoms with Crippen LogP contribution in [0.4, 0.5) is 5.82 Å². The molecule has 2 heterocycles. The second-order valence-corrected chi connectivity index (χ2v) is 4.41. The first kappa shape index (κ1) is 11.4. The molecule has 0 aliphatic carbocycles. The van der Waals surface area contributed by atoms with E-state index in [1.54, 1.807) is 0 Å². The molecule has 0 unspecified atom stereocenters. The predicted octanol–water partition coefficient (Wildman–Crippen LogP) is 0.598. The third-order valence-corrected chi connectivity index (χ3v) is 3.37. The van der Waals surface area contributed by atoms with Gasteiger partial charge in [-0.2, -0.15) is 0 Å². The highest BCUT2D eigenvalue weighted by molar-refractivity contribution is 6.32. The zero-order chi connectivity index (χ0) is 11.5. The molecule has 1 aromatic heterocycles. The first-order valence-electron chi connectivity index (χ1n) is 5.40. The molecule has 1 aromatic rings. The number of nitrogens with two attached hydrogens (primary N) is 1. The number of H-pyrrole nitrogens is 1. The van der Waals surface area contributed by atoms with E-state index in [9.17, 15) is 4.79 Å². The van der Waals surface area contributed by atoms with Crippen molar-refractivity contribution in [1.82, 2.24) is 9.97 Å². The van der Waals surface area contributed by atoms with Crippen LogP contribution >= 0.6 is 11.6 Å². The van der Waals surface area contributed by atoms with Crippen LogP contribution in [0.5, 0.6) is 0 Å². The normalized spacial score (nSPS) is 17.8. The van der Waals surface area contributed by atoms with E-state index in [-0.39, 0.29) is 10.6 Å². The number of hydrogen-bond acceptors (Lipinski definition) is 4. The highest BCUT2D eigenvalue weighted by Crippen LogP contribution is 2.24. The molecule has 0 atom stereocenters. The number of aromatic nitrogens is 2. The van der Waals surface area contributed by atoms with Crippen LogP contribution in [0.3, 0.4) is 0 Å². The molecule has 1 saturated heterocycles. The minimum atomic E-state index is -0.285. The molecule has 5 nitrogen and oxygen atoms in total. The Morgan fingerprint density at radius 1 is 1.56 bits per heavy atom. The van der Waals surface area contributed by atoms with Crippen molar-refractivity contribution in [2.45, 2.75) is 12.8 Å². The smallest absolute Gasteiger partial charge is 0.271 e. The quantitative estimate of drug-likeness (QED) is 0.797. The van der Waals surface area contributed by atoms with Crippen molar-refractivity contribution >= 4 is 17.4 Å². The summed E-state index contributed by atoms with van der Waals surface area (Å²) in [7, 11) is 0. The fraction of sp³-hybridized carbons (Fsp3) is 0.600. The number of aromatic amines is 1. The van der Waals surface area contributed by atoms with E-state index in [0.29, 0.717) is 11.7 Å². The van der Waals surface area contributed by atoms with Gasteiger partial charge in [0.15, 0.2) is 5.82 Å². The van der Waals surface area contributed by atoms with E-state index in [0.717, 1.165) is 32.5 Å². The maximum Gasteiger partial charge on any atom is 0.271 e. The van der Waals surface area contributed by atoms with Crippen LogP contribution in [0.1, 0.15) is 12.8 Å². The van der Waals surface area contributed by atoms with Gasteiger partial charge in [0.2, 0.25) is 0 Å². The summed E-state index contributed by atoms with van der Waals surface area (Å²) in [5.41, 5.74) is 5.34. The van der Waals surface area contributed by atoms with Gasteiger partial charge in [-0.15, -0.1) is 0 Å². The van der Waals surface area contributed by atoms with E-state index in [1.807, 2.05) is 4.90 Å². The van der Waals surface area contributed by atoms with Crippen molar-refractivity contribution in [2.75, 3.05) is 24.5 Å². The summed E-state index contributed by atoms with van der Waals surface area (Å²) in [6.07, 6.45) is 3.45. The molecule has 0 saturated carbocycles. The molecule has 3 N–H and O–H groups in total. The number of anilines is 1. The first-order chi connectivity index (χ1) is 7.72. The molecule has 0 amide bonds. The molecule has 1 aliphatic rings. The van der Waals surface area contributed by atoms with Gasteiger partial charge in [0.05, 0.1) is 6.33 Å². The van der Waals surface area contributed by atoms with E-state index in [1.165, 1.54) is 6.33 Å². The van der Waals surface area contributed by atoms with Crippen LogP contribution in [-0.4, -0.2) is 29.6 Å². The van der Waals surface area contributed by atoms with Crippen LogP contribution < -0.4 is 16.2 Å². The maximum absolute atomic E-state index is 11.3. The Balaban J connectivity index is 2.14. The molecule has 0 spiro atoms. The molecule has 0 bridgehead atoms. The van der Waals surface area contributed by atoms with Gasteiger partial charge in [-0.05, 0) is 25.3 Å². The summed E-state index contributed by atoms with van der Waals surface area (Å²) in [6, 6.07) is 0. The number of nitrogens with one attached hydrogen (secondary N) is 1. The lowest BCUT2D eigenvalue weighted by molar-refractivity contribution is 0.413. The fourth-order valence-corrected chi connectivity index (χ4v) is 2.20. The molecule has 1 fully saturated rings. The average molecular weight is 243 g/mol. The Labute approximate surface area is 98.6 Å². The molecule has 0 aromatic carbocycles. The lowest BCUT2D eigenvalue weighted by Crippen LogP contribution is -2.37. The van der Waals surface area contributed by atoms with Gasteiger partial charge in [0.1, 0.15) is 5.02 Å². The molecule has 88 valence electrons. The summed E-state index contributed by atoms with van der Waals surface area (Å²) in [4.78, 5) is 19.9. The van der Waals surface area contributed by atoms with Crippen LogP contribution in [0.15, 0.2) is 11.1 Å². The van der Waals surface area contributed by atoms with Crippen molar-refractivity contribution in [2.24, 2.45) is 11.7 Å². The standard InChI is InChI=1S/C10H15ClN4O/c11-8-9(13-6-14-10(8)16)15-3-1-7(5-12)2-4-15/h6-7H,1-5,12H2,(H,13,14,16). The van der Waals surface area contributed by atoms with Crippen molar-refractivity contribution in [3.63, 3.8) is 0 Å². The fourth-order valence-electron chi connectivity index (χ4n) is 1.97. The summed E-state index contributed by atoms with van der Waals surface area (Å²) >= 11 is 5.92. The lowest BCUT2D eigenvalue weighted by Gasteiger charge is -2.32. The zero-order valence-corrected chi connectivity index (χ0v) is 9.70. The Kier molecular flexibility index (Phi) is 3.46. The number of rotatable bonds is 2. The summed E-state index contributed by atoms with van der Waals surface area (Å²) in [5.74, 6) is 1.16. The largest absolute Gasteiger partial charge is 0.355 e. The second kappa shape index (κ2) is 4.84. The van der Waals surface area contributed by atoms with Gasteiger partial charge < -0.3 is 15.6 Å². The van der Waals surface area contributed by atoms with Crippen LogP contribution in [0, 0.1) is 5.92 Å². The third kappa shape index (κ3) is 2.20. The Hall–Kier alpha value is -1.07. The van der Waals surface area contributed by atoms with E-state index in [2.05, 4.69) is 9.97 Å². The van der Waals surface area contributed by atoms with E-state index in [4.69, 9.17) is 17.3 Å².